The van der Waals surface area contributed by atoms with Crippen LogP contribution >= 0.6 is 0 Å². The first kappa shape index (κ1) is 108. The van der Waals surface area contributed by atoms with Gasteiger partial charge >= 0.3 is 0 Å². The molecule has 1 amide bonds. The van der Waals surface area contributed by atoms with Gasteiger partial charge in [0.25, 0.3) is 0 Å². The van der Waals surface area contributed by atoms with Gasteiger partial charge in [-0.3, -0.25) is 28.2 Å². The molecule has 5 rings (SSSR count). The van der Waals surface area contributed by atoms with Crippen molar-refractivity contribution in [3.63, 3.8) is 0 Å². The second-order valence-corrected chi connectivity index (χ2v) is 42.8. The summed E-state index contributed by atoms with van der Waals surface area (Å²) in [6, 6.07) is 0. The quantitative estimate of drug-likeness (QED) is 0.0389. The molecule has 5 aromatic rings. The largest absolute Gasteiger partial charge is 0.355 e. The maximum absolute atomic E-state index is 11.6. The van der Waals surface area contributed by atoms with Crippen LogP contribution in [0.3, 0.4) is 0 Å². The average molecular weight is 1530 g/mol. The topological polar surface area (TPSA) is 152 Å². The van der Waals surface area contributed by atoms with Gasteiger partial charge in [0.05, 0.1) is 41.5 Å². The Morgan fingerprint density at radius 3 is 0.731 bits per heavy atom. The number of carbonyl (C=O) groups is 1. The molecule has 0 aromatic carbocycles. The van der Waals surface area contributed by atoms with E-state index in [1.54, 1.807) is 27.7 Å². The number of aryl methyl sites for hydroxylation is 10. The van der Waals surface area contributed by atoms with Crippen molar-refractivity contribution in [2.45, 2.75) is 452 Å². The van der Waals surface area contributed by atoms with Crippen LogP contribution in [0, 0.1) is 37.9 Å². The third-order valence-electron chi connectivity index (χ3n) is 18.6. The van der Waals surface area contributed by atoms with Crippen LogP contribution in [0.25, 0.3) is 0 Å². The predicted octanol–water partition coefficient (Wildman–Crippen LogP) is 26.7. The third kappa shape index (κ3) is 69.4. The number of hydrogen-bond acceptors (Lipinski definition) is 8. The third-order valence-corrected chi connectivity index (χ3v) is 21.2. The van der Waals surface area contributed by atoms with E-state index in [0.717, 1.165) is 64.8 Å². The molecule has 0 aliphatic rings. The van der Waals surface area contributed by atoms with Gasteiger partial charge in [-0.25, -0.2) is 8.42 Å². The minimum Gasteiger partial charge on any atom is -0.355 e. The Kier molecular flexibility index (Phi) is 57.3. The molecule has 0 fully saturated rings. The molecule has 0 saturated carbocycles. The molecule has 0 bridgehead atoms. The zero-order chi connectivity index (χ0) is 83.3. The van der Waals surface area contributed by atoms with Gasteiger partial charge in [0, 0.05) is 76.7 Å². The summed E-state index contributed by atoms with van der Waals surface area (Å²) < 4.78 is 32.7. The van der Waals surface area contributed by atoms with E-state index in [4.69, 9.17) is 0 Å². The van der Waals surface area contributed by atoms with Crippen molar-refractivity contribution in [3.8, 4) is 0 Å². The number of nitrogens with one attached hydrogen (secondary N) is 1. The minimum absolute atomic E-state index is 0.00222. The lowest BCUT2D eigenvalue weighted by Crippen LogP contribution is -2.36. The predicted molar refractivity (Wildman–Crippen MR) is 473 cm³/mol. The van der Waals surface area contributed by atoms with E-state index in [2.05, 4.69) is 279 Å². The van der Waals surface area contributed by atoms with Crippen LogP contribution in [-0.2, 0) is 79.5 Å². The van der Waals surface area contributed by atoms with Crippen LogP contribution in [0.5, 0.6) is 0 Å². The van der Waals surface area contributed by atoms with E-state index < -0.39 is 14.6 Å². The van der Waals surface area contributed by atoms with Crippen LogP contribution in [0.4, 0.5) is 0 Å². The molecule has 0 radical (unpaired) electrons. The van der Waals surface area contributed by atoms with Crippen molar-refractivity contribution in [2.75, 3.05) is 12.3 Å². The smallest absolute Gasteiger partial charge is 0.219 e. The Labute approximate surface area is 671 Å². The van der Waals surface area contributed by atoms with Crippen LogP contribution in [0.1, 0.15) is 410 Å². The molecule has 0 spiro atoms. The van der Waals surface area contributed by atoms with E-state index in [1.165, 1.54) is 182 Å². The van der Waals surface area contributed by atoms with Gasteiger partial charge in [0.1, 0.15) is 0 Å². The normalized spacial score (nSPS) is 12.1. The van der Waals surface area contributed by atoms with Crippen LogP contribution < -0.4 is 5.32 Å². The lowest BCUT2D eigenvalue weighted by molar-refractivity contribution is -0.120. The summed E-state index contributed by atoms with van der Waals surface area (Å²) in [5.74, 6) is -0.114. The van der Waals surface area contributed by atoms with Crippen LogP contribution in [0.2, 0.25) is 0 Å². The molecule has 0 aliphatic carbocycles. The molecule has 0 atom stereocenters. The van der Waals surface area contributed by atoms with Crippen molar-refractivity contribution in [1.82, 2.24) is 54.2 Å². The van der Waals surface area contributed by atoms with Gasteiger partial charge in [-0.15, -0.1) is 0 Å². The van der Waals surface area contributed by atoms with Crippen molar-refractivity contribution >= 4 is 15.7 Å². The molecule has 15 heteroatoms. The molecule has 0 aliphatic heterocycles. The number of nitrogens with zero attached hydrogens (tertiary/aromatic N) is 10. The highest BCUT2D eigenvalue weighted by atomic mass is 32.2. The Morgan fingerprint density at radius 1 is 0.306 bits per heavy atom. The Bertz CT molecular complexity index is 2890. The van der Waals surface area contributed by atoms with Gasteiger partial charge in [0.15, 0.2) is 9.84 Å². The van der Waals surface area contributed by atoms with Crippen LogP contribution in [0.15, 0.2) is 62.0 Å². The fourth-order valence-electron chi connectivity index (χ4n) is 11.0. The van der Waals surface area contributed by atoms with E-state index >= 15 is 0 Å². The highest BCUT2D eigenvalue weighted by molar-refractivity contribution is 7.92. The summed E-state index contributed by atoms with van der Waals surface area (Å²) in [6.45, 7) is 75.9. The summed E-state index contributed by atoms with van der Waals surface area (Å²) in [7, 11) is -3.12. The lowest BCUT2D eigenvalue weighted by Gasteiger charge is -2.18. The van der Waals surface area contributed by atoms with Gasteiger partial charge < -0.3 is 5.32 Å². The number of rotatable bonds is 36. The molecular formula is C93H181N11O3S. The summed E-state index contributed by atoms with van der Waals surface area (Å²) in [5, 5.41) is 24.2. The van der Waals surface area contributed by atoms with Crippen molar-refractivity contribution < 1.29 is 13.2 Å². The second kappa shape index (κ2) is 57.5. The Balaban J connectivity index is -0.00000117. The van der Waals surface area contributed by atoms with E-state index in [-0.39, 0.29) is 18.2 Å². The number of aromatic nitrogens is 10. The molecule has 108 heavy (non-hydrogen) atoms. The number of hydrogen-bond donors (Lipinski definition) is 1. The first-order chi connectivity index (χ1) is 49.9. The fourth-order valence-corrected chi connectivity index (χ4v) is 11.9. The number of unbranched alkanes of at least 4 members (excludes halogenated alkanes) is 10. The maximum atomic E-state index is 11.6. The highest BCUT2D eigenvalue weighted by Crippen LogP contribution is 2.27. The molecule has 0 saturated heterocycles. The number of amides is 1. The average Bonchev–Trinajstić information content (AvgIpc) is 1.48. The first-order valence-electron chi connectivity index (χ1n) is 43.4. The van der Waals surface area contributed by atoms with Gasteiger partial charge in [-0.05, 0) is 196 Å². The van der Waals surface area contributed by atoms with Crippen molar-refractivity contribution in [3.05, 3.63) is 89.8 Å². The molecule has 5 aromatic heterocycles. The SMILES string of the molecule is CCC(=O)NCCS(=O)(=O)C(C)(C)C.CCCCC(C)(C)C.CCCCCCCC(C)(C)C.CCc1cnn(CCCC(C)(C)C)c1.CCc1cnn(CCCC(C)(C)C)c1.CCc1cnn(CCCCC(C)(C)C)c1.CCc1cnn(CCCCCC(C)(C)C)c1.CCc1cnn(CCCCCC(C)(C)C)c1. The molecule has 1 N–H and O–H groups in total. The van der Waals surface area contributed by atoms with Gasteiger partial charge in [0.2, 0.25) is 5.91 Å². The van der Waals surface area contributed by atoms with Crippen molar-refractivity contribution in [2.24, 2.45) is 37.9 Å². The monoisotopic (exact) mass is 1530 g/mol. The Morgan fingerprint density at radius 2 is 0.519 bits per heavy atom. The minimum atomic E-state index is -3.12. The van der Waals surface area contributed by atoms with E-state index in [1.807, 2.05) is 31.0 Å². The fraction of sp³-hybridized carbons (Fsp3) is 0.828. The maximum Gasteiger partial charge on any atom is 0.219 e. The molecule has 632 valence electrons. The van der Waals surface area contributed by atoms with Gasteiger partial charge in [-0.2, -0.15) is 25.5 Å². The molecule has 5 heterocycles. The zero-order valence-electron chi connectivity index (χ0n) is 77.5. The second-order valence-electron chi connectivity index (χ2n) is 39.9. The number of carbonyl (C=O) groups excluding carboxylic acids is 1. The van der Waals surface area contributed by atoms with E-state index in [9.17, 15) is 13.2 Å². The summed E-state index contributed by atoms with van der Waals surface area (Å²) >= 11 is 0. The lowest BCUT2D eigenvalue weighted by atomic mass is 9.89. The summed E-state index contributed by atoms with van der Waals surface area (Å²) in [5.41, 5.74) is 10.1. The zero-order valence-corrected chi connectivity index (χ0v) is 78.4. The number of sulfone groups is 1. The van der Waals surface area contributed by atoms with E-state index in [0.29, 0.717) is 44.3 Å². The standard InChI is InChI=1S/2C14H26N2.C13H24N2.2C12H22N2.C11H24.C9H19NO3S.C8H18/c2*1-5-13-11-15-16(12-13)10-8-6-7-9-14(2,3)4;1-5-12-10-14-15(11-12)9-7-6-8-13(2,3)4;2*1-5-11-9-13-14(10-11)8-6-7-12(2,3)4;1-5-6-7-8-9-10-11(2,3)4;1-5-8(11)10-6-7-14(12,13)9(2,3)4;1-5-6-7-8(2,3)4/h2*11-12H,5-10H2,1-4H3;10-11H,5-9H2,1-4H3;2*9-10H,5-8H2,1-4H3;5-10H2,1-4H3;5-7H2,1-4H3,(H,10,11);5-7H2,1-4H3. The van der Waals surface area contributed by atoms with Crippen molar-refractivity contribution in [1.29, 1.82) is 0 Å². The molecule has 14 nitrogen and oxygen atoms in total. The molecule has 0 unspecified atom stereocenters. The first-order valence-corrected chi connectivity index (χ1v) is 45.1. The molecular weight excluding hydrogens is 1350 g/mol. The summed E-state index contributed by atoms with van der Waals surface area (Å²) in [4.78, 5) is 10.8. The Hall–Kier alpha value is -4.53. The summed E-state index contributed by atoms with van der Waals surface area (Å²) in [6.07, 6.45) is 58.3. The van der Waals surface area contributed by atoms with Crippen LogP contribution in [-0.4, -0.2) is 80.3 Å². The van der Waals surface area contributed by atoms with Gasteiger partial charge in [-0.1, -0.05) is 278 Å². The highest BCUT2D eigenvalue weighted by Gasteiger charge is 2.28.